The number of hydrogen-bond acceptors (Lipinski definition) is 5. The molecule has 1 aromatic heterocycles. The lowest BCUT2D eigenvalue weighted by Crippen LogP contribution is -2.42. The van der Waals surface area contributed by atoms with E-state index < -0.39 is 9.84 Å². The SMILES string of the molecule is Cn1ccnc1CC(CS(C)(=O)=O)NN. The van der Waals surface area contributed by atoms with Crippen molar-refractivity contribution < 1.29 is 8.42 Å². The van der Waals surface area contributed by atoms with Crippen LogP contribution in [0.5, 0.6) is 0 Å². The highest BCUT2D eigenvalue weighted by atomic mass is 32.2. The summed E-state index contributed by atoms with van der Waals surface area (Å²) in [7, 11) is -1.17. The van der Waals surface area contributed by atoms with Crippen LogP contribution in [0.4, 0.5) is 0 Å². The lowest BCUT2D eigenvalue weighted by atomic mass is 10.2. The summed E-state index contributed by atoms with van der Waals surface area (Å²) in [6.07, 6.45) is 5.16. The van der Waals surface area contributed by atoms with Gasteiger partial charge in [0.15, 0.2) is 0 Å². The molecule has 0 aliphatic heterocycles. The maximum atomic E-state index is 11.1. The molecular weight excluding hydrogens is 216 g/mol. The van der Waals surface area contributed by atoms with Crippen LogP contribution in [-0.2, 0) is 23.3 Å². The molecule has 3 N–H and O–H groups in total. The Kier molecular flexibility index (Phi) is 3.83. The van der Waals surface area contributed by atoms with Crippen molar-refractivity contribution in [2.45, 2.75) is 12.5 Å². The molecule has 0 saturated carbocycles. The third-order valence-electron chi connectivity index (χ3n) is 2.09. The van der Waals surface area contributed by atoms with E-state index >= 15 is 0 Å². The van der Waals surface area contributed by atoms with Gasteiger partial charge in [0.25, 0.3) is 0 Å². The van der Waals surface area contributed by atoms with E-state index in [1.807, 2.05) is 17.8 Å². The summed E-state index contributed by atoms with van der Waals surface area (Å²) in [5.41, 5.74) is 2.49. The Bertz CT molecular complexity index is 412. The van der Waals surface area contributed by atoms with Gasteiger partial charge in [-0.3, -0.25) is 11.3 Å². The molecule has 0 aromatic carbocycles. The van der Waals surface area contributed by atoms with Crippen LogP contribution >= 0.6 is 0 Å². The van der Waals surface area contributed by atoms with Crippen LogP contribution in [0, 0.1) is 0 Å². The second kappa shape index (κ2) is 4.73. The van der Waals surface area contributed by atoms with E-state index in [0.717, 1.165) is 5.82 Å². The Labute approximate surface area is 89.4 Å². The van der Waals surface area contributed by atoms with Crippen molar-refractivity contribution in [1.82, 2.24) is 15.0 Å². The molecule has 1 rings (SSSR count). The predicted octanol–water partition coefficient (Wildman–Crippen LogP) is -1.16. The van der Waals surface area contributed by atoms with Crippen molar-refractivity contribution in [2.24, 2.45) is 12.9 Å². The number of nitrogens with two attached hydrogens (primary N) is 1. The van der Waals surface area contributed by atoms with Gasteiger partial charge in [-0.15, -0.1) is 0 Å². The van der Waals surface area contributed by atoms with Crippen molar-refractivity contribution in [2.75, 3.05) is 12.0 Å². The van der Waals surface area contributed by atoms with E-state index in [1.165, 1.54) is 6.26 Å². The molecule has 0 bridgehead atoms. The van der Waals surface area contributed by atoms with Crippen molar-refractivity contribution in [3.05, 3.63) is 18.2 Å². The highest BCUT2D eigenvalue weighted by Crippen LogP contribution is 2.01. The third-order valence-corrected chi connectivity index (χ3v) is 3.10. The minimum absolute atomic E-state index is 0.0103. The monoisotopic (exact) mass is 232 g/mol. The number of nitrogens with one attached hydrogen (secondary N) is 1. The van der Waals surface area contributed by atoms with Crippen LogP contribution in [0.2, 0.25) is 0 Å². The maximum absolute atomic E-state index is 11.1. The first-order valence-electron chi connectivity index (χ1n) is 4.52. The molecule has 0 radical (unpaired) electrons. The van der Waals surface area contributed by atoms with Gasteiger partial charge < -0.3 is 4.57 Å². The van der Waals surface area contributed by atoms with Gasteiger partial charge in [-0.25, -0.2) is 13.4 Å². The second-order valence-corrected chi connectivity index (χ2v) is 5.80. The van der Waals surface area contributed by atoms with Crippen LogP contribution in [0.3, 0.4) is 0 Å². The van der Waals surface area contributed by atoms with E-state index in [9.17, 15) is 8.42 Å². The van der Waals surface area contributed by atoms with Crippen molar-refractivity contribution in [3.63, 3.8) is 0 Å². The first-order valence-corrected chi connectivity index (χ1v) is 6.58. The van der Waals surface area contributed by atoms with E-state index in [4.69, 9.17) is 5.84 Å². The van der Waals surface area contributed by atoms with Crippen LogP contribution in [0.15, 0.2) is 12.4 Å². The van der Waals surface area contributed by atoms with Gasteiger partial charge in [-0.1, -0.05) is 0 Å². The van der Waals surface area contributed by atoms with Gasteiger partial charge in [0.05, 0.1) is 5.75 Å². The van der Waals surface area contributed by atoms with Gasteiger partial charge in [0, 0.05) is 38.2 Å². The molecule has 0 saturated heterocycles. The minimum Gasteiger partial charge on any atom is -0.338 e. The number of imidazole rings is 1. The highest BCUT2D eigenvalue weighted by molar-refractivity contribution is 7.90. The average molecular weight is 232 g/mol. The molecular formula is C8H16N4O2S. The molecule has 0 fully saturated rings. The number of aromatic nitrogens is 2. The Hall–Kier alpha value is -0.920. The zero-order valence-electron chi connectivity index (χ0n) is 8.84. The largest absolute Gasteiger partial charge is 0.338 e. The molecule has 0 aliphatic carbocycles. The Morgan fingerprint density at radius 3 is 2.73 bits per heavy atom. The van der Waals surface area contributed by atoms with Gasteiger partial charge in [0.1, 0.15) is 15.7 Å². The molecule has 1 aromatic rings. The lowest BCUT2D eigenvalue weighted by molar-refractivity contribution is 0.531. The summed E-state index contributed by atoms with van der Waals surface area (Å²) in [6, 6.07) is -0.305. The summed E-state index contributed by atoms with van der Waals surface area (Å²) in [5, 5.41) is 0. The van der Waals surface area contributed by atoms with Crippen molar-refractivity contribution in [1.29, 1.82) is 0 Å². The molecule has 86 valence electrons. The van der Waals surface area contributed by atoms with E-state index in [0.29, 0.717) is 6.42 Å². The summed E-state index contributed by atoms with van der Waals surface area (Å²) in [4.78, 5) is 4.11. The Balaban J connectivity index is 2.66. The van der Waals surface area contributed by atoms with Gasteiger partial charge >= 0.3 is 0 Å². The quantitative estimate of drug-likeness (QED) is 0.493. The summed E-state index contributed by atoms with van der Waals surface area (Å²) in [6.45, 7) is 0. The standard InChI is InChI=1S/C8H16N4O2S/c1-12-4-3-10-8(12)5-7(11-9)6-15(2,13)14/h3-4,7,11H,5-6,9H2,1-2H3. The molecule has 7 heteroatoms. The number of hydrogen-bond donors (Lipinski definition) is 2. The smallest absolute Gasteiger partial charge is 0.149 e. The first-order chi connectivity index (χ1) is 6.92. The minimum atomic E-state index is -3.03. The molecule has 6 nitrogen and oxygen atoms in total. The number of rotatable bonds is 5. The summed E-state index contributed by atoms with van der Waals surface area (Å²) >= 11 is 0. The van der Waals surface area contributed by atoms with Gasteiger partial charge in [-0.2, -0.15) is 0 Å². The molecule has 1 unspecified atom stereocenters. The van der Waals surface area contributed by atoms with E-state index in [-0.39, 0.29) is 11.8 Å². The topological polar surface area (TPSA) is 90.0 Å². The zero-order valence-corrected chi connectivity index (χ0v) is 9.66. The Morgan fingerprint density at radius 1 is 1.67 bits per heavy atom. The van der Waals surface area contributed by atoms with E-state index in [2.05, 4.69) is 10.4 Å². The maximum Gasteiger partial charge on any atom is 0.149 e. The molecule has 1 atom stereocenters. The zero-order chi connectivity index (χ0) is 11.5. The molecule has 0 amide bonds. The first kappa shape index (κ1) is 12.2. The number of hydrazine groups is 1. The second-order valence-electron chi connectivity index (χ2n) is 3.61. The predicted molar refractivity (Wildman–Crippen MR) is 57.7 cm³/mol. The third kappa shape index (κ3) is 3.98. The van der Waals surface area contributed by atoms with Crippen LogP contribution < -0.4 is 11.3 Å². The fourth-order valence-corrected chi connectivity index (χ4v) is 2.29. The van der Waals surface area contributed by atoms with Crippen LogP contribution in [0.25, 0.3) is 0 Å². The lowest BCUT2D eigenvalue weighted by Gasteiger charge is -2.14. The number of nitrogens with zero attached hydrogens (tertiary/aromatic N) is 2. The molecule has 0 aliphatic rings. The van der Waals surface area contributed by atoms with Gasteiger partial charge in [0.2, 0.25) is 0 Å². The van der Waals surface area contributed by atoms with Crippen LogP contribution in [0.1, 0.15) is 5.82 Å². The fraction of sp³-hybridized carbons (Fsp3) is 0.625. The van der Waals surface area contributed by atoms with Crippen molar-refractivity contribution >= 4 is 9.84 Å². The van der Waals surface area contributed by atoms with Crippen LogP contribution in [-0.4, -0.2) is 36.0 Å². The van der Waals surface area contributed by atoms with Crippen molar-refractivity contribution in [3.8, 4) is 0 Å². The summed E-state index contributed by atoms with van der Waals surface area (Å²) in [5.74, 6) is 6.11. The molecule has 15 heavy (non-hydrogen) atoms. The molecule has 0 spiro atoms. The number of aryl methyl sites for hydroxylation is 1. The summed E-state index contributed by atoms with van der Waals surface area (Å²) < 4.78 is 24.0. The van der Waals surface area contributed by atoms with Gasteiger partial charge in [-0.05, 0) is 0 Å². The average Bonchev–Trinajstić information content (AvgIpc) is 2.48. The normalized spacial score (nSPS) is 14.1. The Morgan fingerprint density at radius 2 is 2.33 bits per heavy atom. The number of sulfone groups is 1. The molecule has 1 heterocycles. The van der Waals surface area contributed by atoms with E-state index in [1.54, 1.807) is 6.20 Å². The highest BCUT2D eigenvalue weighted by Gasteiger charge is 2.16. The fourth-order valence-electron chi connectivity index (χ4n) is 1.34.